The molecule has 11 heterocycles. The first-order chi connectivity index (χ1) is 61.6. The van der Waals surface area contributed by atoms with Gasteiger partial charge in [-0.2, -0.15) is 0 Å². The third-order valence-electron chi connectivity index (χ3n) is 20.6. The molecular weight excluding hydrogens is 1770 g/mol. The highest BCUT2D eigenvalue weighted by Gasteiger charge is 2.41. The number of carbonyl (C=O) groups is 12. The summed E-state index contributed by atoms with van der Waals surface area (Å²) in [7, 11) is -6.52. The van der Waals surface area contributed by atoms with Crippen LogP contribution in [0, 0.1) is 11.6 Å². The number of hydrogen-bond donors (Lipinski definition) is 11. The molecule has 0 radical (unpaired) electrons. The summed E-state index contributed by atoms with van der Waals surface area (Å²) < 4.78 is 63.6. The number of benzene rings is 1. The summed E-state index contributed by atoms with van der Waals surface area (Å²) >= 11 is 7.63. The Balaban J connectivity index is 0.000000212. The number of esters is 1. The molecule has 11 N–H and O–H groups in total. The van der Waals surface area contributed by atoms with Gasteiger partial charge in [-0.25, -0.2) is 8.78 Å². The number of nitrogens with one attached hydrogen (secondary N) is 5. The Hall–Kier alpha value is -8.19. The van der Waals surface area contributed by atoms with E-state index in [-0.39, 0.29) is 145 Å². The Morgan fingerprint density at radius 2 is 0.682 bits per heavy atom. The fraction of sp³-hybridized carbons (Fsp3) is 0.512. The van der Waals surface area contributed by atoms with E-state index in [1.165, 1.54) is 91.3 Å². The summed E-state index contributed by atoms with van der Waals surface area (Å²) in [5.74, 6) is -5.18. The van der Waals surface area contributed by atoms with E-state index in [9.17, 15) is 96.5 Å². The van der Waals surface area contributed by atoms with Crippen LogP contribution in [0.2, 0.25) is 5.82 Å². The Bertz CT molecular complexity index is 4330. The lowest BCUT2D eigenvalue weighted by molar-refractivity contribution is -0.145. The Labute approximate surface area is 772 Å². The highest BCUT2D eigenvalue weighted by molar-refractivity contribution is 7.11. The van der Waals surface area contributed by atoms with Crippen LogP contribution < -0.4 is 26.6 Å². The molecule has 4 fully saturated rings. The highest BCUT2D eigenvalue weighted by Crippen LogP contribution is 2.32. The molecule has 0 spiro atoms. The van der Waals surface area contributed by atoms with E-state index in [0.29, 0.717) is 103 Å². The predicted molar refractivity (Wildman–Crippen MR) is 492 cm³/mol. The summed E-state index contributed by atoms with van der Waals surface area (Å²) in [6, 6.07) is 22.0. The molecule has 6 aliphatic heterocycles. The first kappa shape index (κ1) is 108. The maximum Gasteiger partial charge on any atom is 0.478 e. The third-order valence-corrected chi connectivity index (χ3v) is 25.0. The van der Waals surface area contributed by atoms with Crippen molar-refractivity contribution in [2.75, 3.05) is 6.61 Å². The molecule has 43 heteroatoms. The lowest BCUT2D eigenvalue weighted by atomic mass is 9.64. The number of carbonyl (C=O) groups excluding carboxylic acids is 12. The van der Waals surface area contributed by atoms with Crippen molar-refractivity contribution in [3.63, 3.8) is 0 Å². The van der Waals surface area contributed by atoms with Crippen molar-refractivity contribution in [1.82, 2.24) is 26.6 Å². The highest BCUT2D eigenvalue weighted by atomic mass is 32.1. The van der Waals surface area contributed by atoms with Crippen LogP contribution >= 0.6 is 56.7 Å². The number of thiophene rings is 5. The quantitative estimate of drug-likeness (QED) is 0.0107. The SMILES string of the molecule is CC(=O)C[C@@H]1C=CC[C@H](NC(=O)Cc2cccs2)B(O)O1.CC(=O)C[C@@H]1CCC[C@H](NC(=O)Cc2cccs2)B(O)O1.CC(=O)C[C@@H]1CC[C@H](CC(=O)Cc2cc(F)cc(F)c2)B(O)O1.CC(=O)C[C@H]1C=CC[C@H](NC(=O)Cc2cccs2)B(O)O1.CC(=O)C[C@H]1CCC[C@H](NC(=O)Cc2cccs2)B(O)O1.CCOC(=O)C[C@@H]1CC[C@H](NC(=O)Cc2cccs2)B(O)O1. The van der Waals surface area contributed by atoms with Crippen LogP contribution in [0.4, 0.5) is 8.78 Å². The van der Waals surface area contributed by atoms with Crippen LogP contribution in [0.5, 0.6) is 0 Å². The van der Waals surface area contributed by atoms with Gasteiger partial charge in [0, 0.05) is 99.5 Å². The largest absolute Gasteiger partial charge is 0.478 e. The summed E-state index contributed by atoms with van der Waals surface area (Å²) in [5, 5.41) is 83.7. The zero-order valence-electron chi connectivity index (χ0n) is 73.2. The van der Waals surface area contributed by atoms with Crippen molar-refractivity contribution in [3.8, 4) is 0 Å². The van der Waals surface area contributed by atoms with Gasteiger partial charge < -0.3 is 89.4 Å². The average molecular weight is 1880 g/mol. The Morgan fingerprint density at radius 3 is 1.00 bits per heavy atom. The maximum absolute atomic E-state index is 13.1. The number of Topliss-reactive ketones (excluding diaryl/α,β-unsaturated/α-hetero) is 6. The molecule has 12 atom stereocenters. The van der Waals surface area contributed by atoms with E-state index < -0.39 is 96.3 Å². The molecule has 6 aliphatic rings. The Morgan fingerprint density at radius 1 is 0.372 bits per heavy atom. The number of ether oxygens (including phenoxy) is 1. The summed E-state index contributed by atoms with van der Waals surface area (Å²) in [6.07, 6.45) is 15.8. The maximum atomic E-state index is 13.1. The van der Waals surface area contributed by atoms with E-state index in [1.54, 1.807) is 19.1 Å². The molecule has 4 saturated heterocycles. The number of hydrogen-bond acceptors (Lipinski definition) is 30. The van der Waals surface area contributed by atoms with Gasteiger partial charge in [0.15, 0.2) is 0 Å². The molecule has 0 bridgehead atoms. The number of rotatable bonds is 32. The van der Waals surface area contributed by atoms with Gasteiger partial charge in [0.25, 0.3) is 0 Å². The van der Waals surface area contributed by atoms with Crippen molar-refractivity contribution in [2.24, 2.45) is 0 Å². The normalized spacial score (nSPS) is 22.0. The second kappa shape index (κ2) is 58.0. The van der Waals surface area contributed by atoms with Gasteiger partial charge in [-0.3, -0.25) is 57.5 Å². The van der Waals surface area contributed by atoms with E-state index in [1.807, 2.05) is 99.7 Å². The minimum absolute atomic E-state index is 0.00275. The third kappa shape index (κ3) is 43.4. The first-order valence-corrected chi connectivity index (χ1v) is 47.5. The van der Waals surface area contributed by atoms with E-state index >= 15 is 0 Å². The molecule has 1 aromatic carbocycles. The first-order valence-electron chi connectivity index (χ1n) is 43.1. The fourth-order valence-corrected chi connectivity index (χ4v) is 18.2. The van der Waals surface area contributed by atoms with E-state index in [0.717, 1.165) is 68.3 Å². The van der Waals surface area contributed by atoms with Gasteiger partial charge in [0.1, 0.15) is 46.3 Å². The molecule has 12 rings (SSSR count). The van der Waals surface area contributed by atoms with Crippen LogP contribution in [0.1, 0.15) is 193 Å². The van der Waals surface area contributed by atoms with Gasteiger partial charge in [-0.1, -0.05) is 54.6 Å². The monoisotopic (exact) mass is 1880 g/mol. The molecule has 129 heavy (non-hydrogen) atoms. The van der Waals surface area contributed by atoms with Crippen LogP contribution in [0.15, 0.2) is 130 Å². The standard InChI is InChI=1S/C16H19BF2O4.C14H20BNO5S.2C14H20BNO4S.2C14H18BNO4S/c1-10(20)4-16-3-2-12(17(22)23-16)8-15(21)7-11-5-13(18)9-14(19)6-11;1-2-20-14(18)8-10-5-6-12(15(19)21-10)16-13(17)9-11-4-3-7-22-11;4*1-10(17)8-11-4-2-6-13(15(19)20-11)16-14(18)9-12-5-3-7-21-12/h5-6,9,12,16,22H,2-4,7-8H2,1H3;3-4,7,10,12,19H,2,5-6,8-9H2,1H3,(H,16,17);2*3,5,7,11,13,19H,2,4,6,8-9H2,1H3,(H,16,18);2*2-5,7,11,13,19H,6,8-9H2,1H3,(H,16,18)/t12-,16+;10-,12-;11-,13+;11-,13-;11-,13+;11-,13-/m101010/s1. The average Bonchev–Trinajstić information content (AvgIpc) is 1.85. The van der Waals surface area contributed by atoms with Gasteiger partial charge in [0.2, 0.25) is 29.5 Å². The molecule has 30 nitrogen and oxygen atoms in total. The molecule has 6 aromatic rings. The molecule has 696 valence electrons. The summed E-state index contributed by atoms with van der Waals surface area (Å²) in [5.41, 5.74) is 0.271. The van der Waals surface area contributed by atoms with Crippen molar-refractivity contribution in [3.05, 3.63) is 172 Å². The predicted octanol–water partition coefficient (Wildman–Crippen LogP) is 8.33. The topological polar surface area (TPSA) is 451 Å². The van der Waals surface area contributed by atoms with Gasteiger partial charge in [-0.05, 0) is 194 Å². The van der Waals surface area contributed by atoms with Gasteiger partial charge in [0.05, 0.1) is 93.1 Å². The van der Waals surface area contributed by atoms with Crippen LogP contribution in [0.3, 0.4) is 0 Å². The second-order valence-corrected chi connectivity index (χ2v) is 37.4. The van der Waals surface area contributed by atoms with E-state index in [4.69, 9.17) is 32.7 Å². The molecule has 5 aromatic heterocycles. The minimum Gasteiger partial charge on any atom is -0.466 e. The summed E-state index contributed by atoms with van der Waals surface area (Å²) in [4.78, 5) is 144. The molecule has 0 saturated carbocycles. The smallest absolute Gasteiger partial charge is 0.466 e. The molecular formula is C86H115B6F2N5O25S5. The molecule has 5 amide bonds. The zero-order valence-corrected chi connectivity index (χ0v) is 77.3. The summed E-state index contributed by atoms with van der Waals surface area (Å²) in [6.45, 7) is 9.53. The fourth-order valence-electron chi connectivity index (χ4n) is 14.7. The molecule has 0 unspecified atom stereocenters. The van der Waals surface area contributed by atoms with Crippen molar-refractivity contribution in [1.29, 1.82) is 0 Å². The van der Waals surface area contributed by atoms with Gasteiger partial charge >= 0.3 is 48.7 Å². The second-order valence-electron chi connectivity index (χ2n) is 32.2. The van der Waals surface area contributed by atoms with Gasteiger partial charge in [-0.15, -0.1) is 56.7 Å². The minimum atomic E-state index is -1.11. The number of ketones is 6. The lowest BCUT2D eigenvalue weighted by Gasteiger charge is -2.31. The van der Waals surface area contributed by atoms with Crippen LogP contribution in [-0.2, 0) is 129 Å². The van der Waals surface area contributed by atoms with Crippen LogP contribution in [-0.4, -0.2) is 216 Å². The van der Waals surface area contributed by atoms with Crippen LogP contribution in [0.25, 0.3) is 0 Å². The van der Waals surface area contributed by atoms with Crippen molar-refractivity contribution in [2.45, 2.75) is 274 Å². The van der Waals surface area contributed by atoms with Crippen molar-refractivity contribution >= 4 is 170 Å². The van der Waals surface area contributed by atoms with Crippen molar-refractivity contribution < 1.29 is 129 Å². The Kier molecular flexibility index (Phi) is 48.5. The zero-order chi connectivity index (χ0) is 93.9. The molecule has 0 aliphatic carbocycles. The van der Waals surface area contributed by atoms with E-state index in [2.05, 4.69) is 26.6 Å². The number of amides is 5. The lowest BCUT2D eigenvalue weighted by Crippen LogP contribution is -2.53. The number of halogens is 2.